The van der Waals surface area contributed by atoms with Crippen molar-refractivity contribution in [1.82, 2.24) is 25.3 Å². The number of aryl methyl sites for hydroxylation is 1. The van der Waals surface area contributed by atoms with Crippen LogP contribution in [-0.4, -0.2) is 71.6 Å². The summed E-state index contributed by atoms with van der Waals surface area (Å²) in [5.41, 5.74) is 2.13. The number of nitrogens with zero attached hydrogens (tertiary/aromatic N) is 5. The molecule has 1 N–H and O–H groups in total. The lowest BCUT2D eigenvalue weighted by Crippen LogP contribution is -2.53. The number of carbonyl (C=O) groups excluding carboxylic acids is 1. The van der Waals surface area contributed by atoms with Crippen LogP contribution in [0.4, 0.5) is 0 Å². The lowest BCUT2D eigenvalue weighted by Gasteiger charge is -2.36. The van der Waals surface area contributed by atoms with Crippen LogP contribution in [0.5, 0.6) is 0 Å². The number of amides is 1. The minimum Gasteiger partial charge on any atom is -0.459 e. The monoisotopic (exact) mass is 436 g/mol. The largest absolute Gasteiger partial charge is 0.459 e. The zero-order chi connectivity index (χ0) is 22.3. The van der Waals surface area contributed by atoms with Gasteiger partial charge >= 0.3 is 0 Å². The molecule has 1 aliphatic heterocycles. The highest BCUT2D eigenvalue weighted by atomic mass is 16.5. The second-order valence-electron chi connectivity index (χ2n) is 7.55. The maximum atomic E-state index is 12.4. The van der Waals surface area contributed by atoms with Crippen LogP contribution < -0.4 is 5.32 Å². The second-order valence-corrected chi connectivity index (χ2v) is 7.55. The maximum absolute atomic E-state index is 12.4. The van der Waals surface area contributed by atoms with Gasteiger partial charge in [-0.15, -0.1) is 0 Å². The van der Waals surface area contributed by atoms with Crippen molar-refractivity contribution in [2.24, 2.45) is 4.99 Å². The number of carbonyl (C=O) groups is 1. The van der Waals surface area contributed by atoms with Gasteiger partial charge in [-0.05, 0) is 36.2 Å². The van der Waals surface area contributed by atoms with E-state index >= 15 is 0 Å². The topological polar surface area (TPSA) is 100 Å². The molecular weight excluding hydrogens is 408 g/mol. The molecule has 0 bridgehead atoms. The van der Waals surface area contributed by atoms with Crippen molar-refractivity contribution in [1.29, 1.82) is 0 Å². The first-order valence-electron chi connectivity index (χ1n) is 10.9. The first-order valence-corrected chi connectivity index (χ1v) is 10.9. The van der Waals surface area contributed by atoms with E-state index in [4.69, 9.17) is 8.94 Å². The van der Waals surface area contributed by atoms with E-state index in [0.717, 1.165) is 44.0 Å². The van der Waals surface area contributed by atoms with Gasteiger partial charge in [0.25, 0.3) is 11.8 Å². The van der Waals surface area contributed by atoms with E-state index in [0.29, 0.717) is 30.6 Å². The van der Waals surface area contributed by atoms with E-state index in [9.17, 15) is 4.79 Å². The summed E-state index contributed by atoms with van der Waals surface area (Å²) in [7, 11) is 1.78. The number of hydrogen-bond acceptors (Lipinski definition) is 6. The van der Waals surface area contributed by atoms with Crippen molar-refractivity contribution < 1.29 is 13.7 Å². The summed E-state index contributed by atoms with van der Waals surface area (Å²) in [6.45, 7) is 5.49. The number of rotatable bonds is 6. The molecule has 4 rings (SSSR count). The molecule has 0 radical (unpaired) electrons. The summed E-state index contributed by atoms with van der Waals surface area (Å²) in [6, 6.07) is 11.6. The zero-order valence-corrected chi connectivity index (χ0v) is 18.5. The van der Waals surface area contributed by atoms with Crippen LogP contribution in [0.2, 0.25) is 0 Å². The van der Waals surface area contributed by atoms with Gasteiger partial charge in [0.15, 0.2) is 17.5 Å². The smallest absolute Gasteiger partial charge is 0.289 e. The van der Waals surface area contributed by atoms with E-state index in [1.807, 2.05) is 24.0 Å². The van der Waals surface area contributed by atoms with Crippen LogP contribution in [0.25, 0.3) is 11.5 Å². The number of benzene rings is 1. The highest BCUT2D eigenvalue weighted by molar-refractivity contribution is 5.91. The minimum atomic E-state index is -0.0625. The van der Waals surface area contributed by atoms with Crippen LogP contribution in [0.3, 0.4) is 0 Å². The van der Waals surface area contributed by atoms with Gasteiger partial charge < -0.3 is 24.1 Å². The minimum absolute atomic E-state index is 0.0625. The molecule has 0 spiro atoms. The number of aliphatic imine (C=N–C) groups is 1. The molecule has 3 aromatic rings. The number of aromatic nitrogens is 2. The number of hydrogen-bond donors (Lipinski definition) is 1. The van der Waals surface area contributed by atoms with E-state index in [1.54, 1.807) is 19.2 Å². The van der Waals surface area contributed by atoms with Crippen LogP contribution in [0.1, 0.15) is 28.9 Å². The number of guanidine groups is 1. The zero-order valence-electron chi connectivity index (χ0n) is 18.5. The second kappa shape index (κ2) is 10.1. The molecule has 1 fully saturated rings. The molecule has 168 valence electrons. The Labute approximate surface area is 187 Å². The van der Waals surface area contributed by atoms with E-state index in [1.165, 1.54) is 11.8 Å². The van der Waals surface area contributed by atoms with Gasteiger partial charge in [-0.25, -0.2) is 0 Å². The highest BCUT2D eigenvalue weighted by Gasteiger charge is 2.25. The summed E-state index contributed by atoms with van der Waals surface area (Å²) in [5, 5.41) is 7.37. The van der Waals surface area contributed by atoms with Crippen molar-refractivity contribution in [3.63, 3.8) is 0 Å². The summed E-state index contributed by atoms with van der Waals surface area (Å²) in [5.74, 6) is 2.44. The Hall–Kier alpha value is -3.62. The number of nitrogens with one attached hydrogen (secondary N) is 1. The van der Waals surface area contributed by atoms with Gasteiger partial charge in [0, 0.05) is 51.8 Å². The first-order chi connectivity index (χ1) is 15.7. The van der Waals surface area contributed by atoms with Crippen LogP contribution in [0.15, 0.2) is 56.6 Å². The number of furan rings is 1. The van der Waals surface area contributed by atoms with Crippen molar-refractivity contribution in [2.75, 3.05) is 39.8 Å². The summed E-state index contributed by atoms with van der Waals surface area (Å²) < 4.78 is 10.5. The Balaban J connectivity index is 1.24. The Morgan fingerprint density at radius 1 is 1.12 bits per heavy atom. The third-order valence-electron chi connectivity index (χ3n) is 5.49. The normalized spacial score (nSPS) is 14.6. The van der Waals surface area contributed by atoms with Gasteiger partial charge in [0.1, 0.15) is 0 Å². The van der Waals surface area contributed by atoms with Crippen molar-refractivity contribution >= 4 is 11.9 Å². The summed E-state index contributed by atoms with van der Waals surface area (Å²) >= 11 is 0. The predicted octanol–water partition coefficient (Wildman–Crippen LogP) is 2.47. The molecule has 1 aliphatic rings. The van der Waals surface area contributed by atoms with Gasteiger partial charge in [-0.1, -0.05) is 24.2 Å². The molecule has 0 unspecified atom stereocenters. The Bertz CT molecular complexity index is 1030. The van der Waals surface area contributed by atoms with E-state index < -0.39 is 0 Å². The van der Waals surface area contributed by atoms with E-state index in [-0.39, 0.29) is 5.91 Å². The van der Waals surface area contributed by atoms with Crippen LogP contribution in [0, 0.1) is 0 Å². The molecule has 0 aliphatic carbocycles. The Morgan fingerprint density at radius 2 is 1.88 bits per heavy atom. The Kier molecular flexibility index (Phi) is 6.84. The molecule has 0 atom stereocenters. The van der Waals surface area contributed by atoms with Crippen molar-refractivity contribution in [3.05, 3.63) is 59.8 Å². The lowest BCUT2D eigenvalue weighted by molar-refractivity contribution is 0.0658. The first kappa shape index (κ1) is 21.6. The summed E-state index contributed by atoms with van der Waals surface area (Å²) in [6.07, 6.45) is 3.14. The van der Waals surface area contributed by atoms with Crippen LogP contribution in [-0.2, 0) is 12.8 Å². The fraction of sp³-hybridized carbons (Fsp3) is 0.391. The SMILES string of the molecule is CCc1noc(-c2ccc(CCNC(=NC)N3CCN(C(=O)c4ccco4)CC3)cc2)n1. The van der Waals surface area contributed by atoms with Gasteiger partial charge in [0.2, 0.25) is 0 Å². The average molecular weight is 437 g/mol. The third kappa shape index (κ3) is 4.99. The third-order valence-corrected chi connectivity index (χ3v) is 5.49. The predicted molar refractivity (Wildman–Crippen MR) is 120 cm³/mol. The fourth-order valence-corrected chi connectivity index (χ4v) is 3.66. The Morgan fingerprint density at radius 3 is 2.50 bits per heavy atom. The summed E-state index contributed by atoms with van der Waals surface area (Å²) in [4.78, 5) is 25.2. The van der Waals surface area contributed by atoms with Gasteiger partial charge in [-0.2, -0.15) is 4.98 Å². The van der Waals surface area contributed by atoms with Crippen LogP contribution >= 0.6 is 0 Å². The molecule has 1 amide bonds. The quantitative estimate of drug-likeness (QED) is 0.468. The van der Waals surface area contributed by atoms with E-state index in [2.05, 4.69) is 37.5 Å². The molecular formula is C23H28N6O3. The standard InChI is InChI=1S/C23H28N6O3/c1-3-20-26-21(32-27-20)18-8-6-17(7-9-18)10-11-25-23(24-2)29-14-12-28(13-15-29)22(30)19-5-4-16-31-19/h4-9,16H,3,10-15H2,1-2H3,(H,24,25). The lowest BCUT2D eigenvalue weighted by atomic mass is 10.1. The van der Waals surface area contributed by atoms with Crippen molar-refractivity contribution in [2.45, 2.75) is 19.8 Å². The fourth-order valence-electron chi connectivity index (χ4n) is 3.66. The molecule has 1 aromatic carbocycles. The molecule has 1 saturated heterocycles. The molecule has 0 saturated carbocycles. The van der Waals surface area contributed by atoms with Gasteiger partial charge in [-0.3, -0.25) is 9.79 Å². The molecule has 32 heavy (non-hydrogen) atoms. The maximum Gasteiger partial charge on any atom is 0.289 e. The molecule has 9 nitrogen and oxygen atoms in total. The van der Waals surface area contributed by atoms with Gasteiger partial charge in [0.05, 0.1) is 6.26 Å². The number of piperazine rings is 1. The molecule has 3 heterocycles. The average Bonchev–Trinajstić information content (AvgIpc) is 3.55. The highest BCUT2D eigenvalue weighted by Crippen LogP contribution is 2.18. The van der Waals surface area contributed by atoms with Crippen molar-refractivity contribution in [3.8, 4) is 11.5 Å². The molecule has 9 heteroatoms. The molecule has 2 aromatic heterocycles.